The van der Waals surface area contributed by atoms with Gasteiger partial charge in [-0.05, 0) is 31.6 Å². The Morgan fingerprint density at radius 2 is 1.77 bits per heavy atom. The highest BCUT2D eigenvalue weighted by molar-refractivity contribution is 5.75. The summed E-state index contributed by atoms with van der Waals surface area (Å²) in [6.45, 7) is 5.80. The molecule has 0 saturated heterocycles. The molecule has 8 heteroatoms. The van der Waals surface area contributed by atoms with Gasteiger partial charge in [0.1, 0.15) is 11.3 Å². The number of rotatable bonds is 9. The lowest BCUT2D eigenvalue weighted by Crippen LogP contribution is -2.40. The lowest BCUT2D eigenvalue weighted by Gasteiger charge is -2.21. The molecule has 0 unspecified atom stereocenters. The van der Waals surface area contributed by atoms with Crippen molar-refractivity contribution in [3.63, 3.8) is 0 Å². The van der Waals surface area contributed by atoms with Crippen molar-refractivity contribution < 1.29 is 0 Å². The molecule has 1 aliphatic carbocycles. The van der Waals surface area contributed by atoms with Crippen LogP contribution in [0.3, 0.4) is 0 Å². The van der Waals surface area contributed by atoms with Crippen LogP contribution in [0.2, 0.25) is 0 Å². The Kier molecular flexibility index (Phi) is 6.73. The molecule has 0 aromatic carbocycles. The molecular weight excluding hydrogens is 392 g/mol. The van der Waals surface area contributed by atoms with E-state index in [9.17, 15) is 9.59 Å². The summed E-state index contributed by atoms with van der Waals surface area (Å²) in [6.07, 6.45) is 14.6. The number of nitrogens with one attached hydrogen (secondary N) is 1. The first-order valence-electron chi connectivity index (χ1n) is 11.9. The second kappa shape index (κ2) is 9.66. The average molecular weight is 427 g/mol. The Bertz CT molecular complexity index is 1130. The molecule has 1 fully saturated rings. The van der Waals surface area contributed by atoms with Crippen LogP contribution >= 0.6 is 0 Å². The molecule has 0 atom stereocenters. The molecule has 31 heavy (non-hydrogen) atoms. The van der Waals surface area contributed by atoms with Gasteiger partial charge < -0.3 is 4.98 Å². The number of aryl methyl sites for hydroxylation is 2. The predicted molar refractivity (Wildman–Crippen MR) is 122 cm³/mol. The van der Waals surface area contributed by atoms with Crippen LogP contribution in [0.15, 0.2) is 22.0 Å². The van der Waals surface area contributed by atoms with Crippen molar-refractivity contribution in [3.8, 4) is 11.4 Å². The number of H-pyrrole nitrogens is 1. The van der Waals surface area contributed by atoms with E-state index in [0.717, 1.165) is 37.3 Å². The summed E-state index contributed by atoms with van der Waals surface area (Å²) in [5.41, 5.74) is 1.09. The van der Waals surface area contributed by atoms with Gasteiger partial charge in [0.15, 0.2) is 5.65 Å². The van der Waals surface area contributed by atoms with Crippen LogP contribution in [0.1, 0.15) is 71.6 Å². The van der Waals surface area contributed by atoms with Crippen molar-refractivity contribution in [1.29, 1.82) is 0 Å². The normalized spacial score (nSPS) is 15.2. The maximum atomic E-state index is 12.9. The molecule has 1 saturated carbocycles. The van der Waals surface area contributed by atoms with Gasteiger partial charge in [0.2, 0.25) is 0 Å². The van der Waals surface area contributed by atoms with E-state index in [-0.39, 0.29) is 11.2 Å². The van der Waals surface area contributed by atoms with Gasteiger partial charge in [0, 0.05) is 25.8 Å². The summed E-state index contributed by atoms with van der Waals surface area (Å²) in [7, 11) is 0. The van der Waals surface area contributed by atoms with Gasteiger partial charge in [-0.1, -0.05) is 46.0 Å². The molecular formula is C23H34N6O2. The van der Waals surface area contributed by atoms with Crippen LogP contribution < -0.4 is 11.2 Å². The molecule has 0 radical (unpaired) electrons. The van der Waals surface area contributed by atoms with Crippen molar-refractivity contribution in [2.45, 2.75) is 91.3 Å². The molecule has 0 aliphatic heterocycles. The maximum Gasteiger partial charge on any atom is 0.332 e. The number of nitrogens with zero attached hydrogens (tertiary/aromatic N) is 5. The minimum Gasteiger partial charge on any atom is -0.332 e. The fraction of sp³-hybridized carbons (Fsp3) is 0.652. The summed E-state index contributed by atoms with van der Waals surface area (Å²) in [4.78, 5) is 33.5. The highest BCUT2D eigenvalue weighted by Gasteiger charge is 2.18. The quantitative estimate of drug-likeness (QED) is 0.561. The molecule has 168 valence electrons. The number of fused-ring (bicyclic) bond motifs is 1. The second-order valence-corrected chi connectivity index (χ2v) is 8.81. The van der Waals surface area contributed by atoms with Crippen molar-refractivity contribution >= 4 is 11.2 Å². The summed E-state index contributed by atoms with van der Waals surface area (Å²) in [5.74, 6) is 1.46. The highest BCUT2D eigenvalue weighted by atomic mass is 16.2. The van der Waals surface area contributed by atoms with E-state index in [0.29, 0.717) is 30.1 Å². The van der Waals surface area contributed by atoms with Crippen molar-refractivity contribution in [2.75, 3.05) is 0 Å². The fourth-order valence-corrected chi connectivity index (χ4v) is 4.78. The first kappa shape index (κ1) is 21.6. The lowest BCUT2D eigenvalue weighted by molar-refractivity contribution is 0.324. The van der Waals surface area contributed by atoms with E-state index in [1.807, 2.05) is 24.7 Å². The molecule has 1 N–H and O–H groups in total. The first-order valence-corrected chi connectivity index (χ1v) is 11.9. The molecule has 3 heterocycles. The van der Waals surface area contributed by atoms with Crippen molar-refractivity contribution in [1.82, 2.24) is 28.9 Å². The smallest absolute Gasteiger partial charge is 0.332 e. The van der Waals surface area contributed by atoms with Gasteiger partial charge in [-0.25, -0.2) is 9.78 Å². The zero-order valence-electron chi connectivity index (χ0n) is 18.8. The van der Waals surface area contributed by atoms with Crippen LogP contribution in [0.5, 0.6) is 0 Å². The molecule has 3 aromatic rings. The molecule has 4 rings (SSSR count). The SMILES string of the molecule is CCCn1c(=O)c2[nH]c(-c3cnn(CCCC4CCCCC4)c3)nc2n(CCC)c1=O. The summed E-state index contributed by atoms with van der Waals surface area (Å²) in [6, 6.07) is 0. The minimum absolute atomic E-state index is 0.280. The van der Waals surface area contributed by atoms with Gasteiger partial charge in [-0.2, -0.15) is 5.10 Å². The van der Waals surface area contributed by atoms with E-state index in [1.165, 1.54) is 43.1 Å². The largest absolute Gasteiger partial charge is 0.332 e. The standard InChI is InChI=1S/C23H34N6O2/c1-3-12-28-21-19(22(30)29(13-4-2)23(28)31)25-20(26-21)18-15-24-27(16-18)14-8-11-17-9-6-5-7-10-17/h15-17H,3-14H2,1-2H3,(H,25,26). The Labute approximate surface area is 182 Å². The Balaban J connectivity index is 1.57. The number of aromatic amines is 1. The van der Waals surface area contributed by atoms with E-state index in [2.05, 4.69) is 15.1 Å². The van der Waals surface area contributed by atoms with E-state index in [4.69, 9.17) is 0 Å². The summed E-state index contributed by atoms with van der Waals surface area (Å²) >= 11 is 0. The van der Waals surface area contributed by atoms with Gasteiger partial charge >= 0.3 is 5.69 Å². The number of hydrogen-bond donors (Lipinski definition) is 1. The van der Waals surface area contributed by atoms with Gasteiger partial charge in [0.05, 0.1) is 11.8 Å². The van der Waals surface area contributed by atoms with Gasteiger partial charge in [0.25, 0.3) is 5.56 Å². The molecule has 1 aliphatic rings. The van der Waals surface area contributed by atoms with E-state index >= 15 is 0 Å². The Hall–Kier alpha value is -2.64. The van der Waals surface area contributed by atoms with Gasteiger partial charge in [-0.3, -0.25) is 18.6 Å². The predicted octanol–water partition coefficient (Wildman–Crippen LogP) is 3.93. The third-order valence-electron chi connectivity index (χ3n) is 6.39. The lowest BCUT2D eigenvalue weighted by atomic mass is 9.86. The zero-order valence-corrected chi connectivity index (χ0v) is 18.8. The third-order valence-corrected chi connectivity index (χ3v) is 6.39. The Morgan fingerprint density at radius 3 is 2.52 bits per heavy atom. The van der Waals surface area contributed by atoms with Crippen LogP contribution in [0, 0.1) is 5.92 Å². The molecule has 0 amide bonds. The number of imidazole rings is 1. The van der Waals surface area contributed by atoms with Crippen molar-refractivity contribution in [2.24, 2.45) is 5.92 Å². The number of hydrogen-bond acceptors (Lipinski definition) is 4. The summed E-state index contributed by atoms with van der Waals surface area (Å²) in [5, 5.41) is 4.50. The van der Waals surface area contributed by atoms with Crippen LogP contribution in [-0.4, -0.2) is 28.9 Å². The molecule has 0 spiro atoms. The topological polar surface area (TPSA) is 90.5 Å². The second-order valence-electron chi connectivity index (χ2n) is 8.81. The van der Waals surface area contributed by atoms with Gasteiger partial charge in [-0.15, -0.1) is 0 Å². The molecule has 3 aromatic heterocycles. The molecule has 8 nitrogen and oxygen atoms in total. The van der Waals surface area contributed by atoms with E-state index < -0.39 is 0 Å². The van der Waals surface area contributed by atoms with Crippen LogP contribution in [-0.2, 0) is 19.6 Å². The van der Waals surface area contributed by atoms with E-state index in [1.54, 1.807) is 10.8 Å². The Morgan fingerprint density at radius 1 is 1.03 bits per heavy atom. The van der Waals surface area contributed by atoms with Crippen LogP contribution in [0.4, 0.5) is 0 Å². The zero-order chi connectivity index (χ0) is 21.8. The molecule has 0 bridgehead atoms. The third kappa shape index (κ3) is 4.52. The van der Waals surface area contributed by atoms with Crippen molar-refractivity contribution in [3.05, 3.63) is 33.2 Å². The maximum absolute atomic E-state index is 12.9. The monoisotopic (exact) mass is 426 g/mol. The van der Waals surface area contributed by atoms with Crippen LogP contribution in [0.25, 0.3) is 22.6 Å². The fourth-order valence-electron chi connectivity index (χ4n) is 4.78. The first-order chi connectivity index (χ1) is 15.1. The minimum atomic E-state index is -0.298. The number of aromatic nitrogens is 6. The summed E-state index contributed by atoms with van der Waals surface area (Å²) < 4.78 is 4.88. The average Bonchev–Trinajstić information content (AvgIpc) is 3.42. The highest BCUT2D eigenvalue weighted by Crippen LogP contribution is 2.27.